The zero-order valence-electron chi connectivity index (χ0n) is 16.8. The minimum atomic E-state index is -0.813. The number of hydrogen-bond acceptors (Lipinski definition) is 3. The monoisotopic (exact) mass is 422 g/mol. The van der Waals surface area contributed by atoms with Gasteiger partial charge in [-0.1, -0.05) is 24.3 Å². The second kappa shape index (κ2) is 8.55. The Balaban J connectivity index is 1.89. The Morgan fingerprint density at radius 3 is 2.52 bits per heavy atom. The van der Waals surface area contributed by atoms with Gasteiger partial charge in [0.15, 0.2) is 0 Å². The maximum Gasteiger partial charge on any atom is 0.258 e. The van der Waals surface area contributed by atoms with Crippen LogP contribution in [0, 0.1) is 11.6 Å². The Bertz CT molecular complexity index is 1130. The first-order valence-corrected chi connectivity index (χ1v) is 9.85. The molecule has 2 amide bonds. The molecule has 1 N–H and O–H groups in total. The van der Waals surface area contributed by atoms with E-state index in [4.69, 9.17) is 4.74 Å². The van der Waals surface area contributed by atoms with Gasteiger partial charge in [-0.05, 0) is 55.0 Å². The lowest BCUT2D eigenvalue weighted by atomic mass is 9.95. The molecular weight excluding hydrogens is 402 g/mol. The van der Waals surface area contributed by atoms with E-state index < -0.39 is 29.5 Å². The molecule has 31 heavy (non-hydrogen) atoms. The standard InChI is InChI=1S/C24H20F2N2O3/c1-2-31-21-6-4-3-5-18(21)24(30)28-14-22(29)27-20-12-11-17(26)13-19(20)23(28)15-7-9-16(25)10-8-15/h3-13,23H,2,14H2,1H3,(H,27,29)/t23-/m0/s1. The van der Waals surface area contributed by atoms with Gasteiger partial charge >= 0.3 is 0 Å². The highest BCUT2D eigenvalue weighted by molar-refractivity contribution is 6.02. The molecule has 1 atom stereocenters. The van der Waals surface area contributed by atoms with Crippen molar-refractivity contribution < 1.29 is 23.1 Å². The third-order valence-corrected chi connectivity index (χ3v) is 5.07. The quantitative estimate of drug-likeness (QED) is 0.671. The van der Waals surface area contributed by atoms with Crippen molar-refractivity contribution in [3.05, 3.63) is 95.1 Å². The van der Waals surface area contributed by atoms with E-state index in [0.717, 1.165) is 0 Å². The van der Waals surface area contributed by atoms with E-state index in [0.29, 0.717) is 29.2 Å². The molecule has 1 aliphatic heterocycles. The number of halogens is 2. The summed E-state index contributed by atoms with van der Waals surface area (Å²) in [5, 5.41) is 2.73. The molecular formula is C24H20F2N2O3. The Morgan fingerprint density at radius 2 is 1.77 bits per heavy atom. The zero-order valence-corrected chi connectivity index (χ0v) is 16.8. The number of nitrogens with zero attached hydrogens (tertiary/aromatic N) is 1. The van der Waals surface area contributed by atoms with E-state index in [1.54, 1.807) is 31.2 Å². The molecule has 0 aliphatic carbocycles. The van der Waals surface area contributed by atoms with Gasteiger partial charge < -0.3 is 15.0 Å². The van der Waals surface area contributed by atoms with Crippen molar-refractivity contribution in [2.24, 2.45) is 0 Å². The molecule has 1 aliphatic rings. The number of ether oxygens (including phenoxy) is 1. The molecule has 0 aromatic heterocycles. The highest BCUT2D eigenvalue weighted by Crippen LogP contribution is 2.37. The van der Waals surface area contributed by atoms with Crippen LogP contribution in [0.5, 0.6) is 5.75 Å². The number of carbonyl (C=O) groups is 2. The number of anilines is 1. The third-order valence-electron chi connectivity index (χ3n) is 5.07. The van der Waals surface area contributed by atoms with Crippen molar-refractivity contribution in [2.75, 3.05) is 18.5 Å². The van der Waals surface area contributed by atoms with E-state index in [2.05, 4.69) is 5.32 Å². The fourth-order valence-electron chi connectivity index (χ4n) is 3.75. The molecule has 0 fully saturated rings. The summed E-state index contributed by atoms with van der Waals surface area (Å²) in [4.78, 5) is 27.6. The van der Waals surface area contributed by atoms with Gasteiger partial charge in [0.05, 0.1) is 18.2 Å². The Morgan fingerprint density at radius 1 is 1.06 bits per heavy atom. The number of para-hydroxylation sites is 1. The smallest absolute Gasteiger partial charge is 0.258 e. The lowest BCUT2D eigenvalue weighted by molar-refractivity contribution is -0.117. The summed E-state index contributed by atoms with van der Waals surface area (Å²) >= 11 is 0. The fraction of sp³-hybridized carbons (Fsp3) is 0.167. The van der Waals surface area contributed by atoms with Crippen molar-refractivity contribution in [1.29, 1.82) is 0 Å². The van der Waals surface area contributed by atoms with E-state index in [1.807, 2.05) is 0 Å². The predicted octanol–water partition coefficient (Wildman–Crippen LogP) is 4.55. The first-order chi connectivity index (χ1) is 15.0. The first-order valence-electron chi connectivity index (χ1n) is 9.85. The first kappa shape index (κ1) is 20.5. The number of benzene rings is 3. The summed E-state index contributed by atoms with van der Waals surface area (Å²) in [5.41, 5.74) is 1.63. The average molecular weight is 422 g/mol. The number of rotatable bonds is 4. The van der Waals surface area contributed by atoms with Crippen LogP contribution in [0.15, 0.2) is 66.7 Å². The van der Waals surface area contributed by atoms with E-state index >= 15 is 0 Å². The zero-order chi connectivity index (χ0) is 22.0. The van der Waals surface area contributed by atoms with Gasteiger partial charge in [-0.25, -0.2) is 8.78 Å². The summed E-state index contributed by atoms with van der Waals surface area (Å²) in [6.45, 7) is 1.90. The van der Waals surface area contributed by atoms with Crippen LogP contribution in [0.3, 0.4) is 0 Å². The summed E-state index contributed by atoms with van der Waals surface area (Å²) in [6.07, 6.45) is 0. The molecule has 0 radical (unpaired) electrons. The summed E-state index contributed by atoms with van der Waals surface area (Å²) in [7, 11) is 0. The lowest BCUT2D eigenvalue weighted by Crippen LogP contribution is -2.39. The van der Waals surface area contributed by atoms with Crippen LogP contribution in [-0.4, -0.2) is 29.9 Å². The third kappa shape index (κ3) is 4.12. The highest BCUT2D eigenvalue weighted by Gasteiger charge is 2.35. The molecule has 0 unspecified atom stereocenters. The summed E-state index contributed by atoms with van der Waals surface area (Å²) in [5.74, 6) is -1.43. The number of amides is 2. The second-order valence-electron chi connectivity index (χ2n) is 7.10. The van der Waals surface area contributed by atoms with Gasteiger partial charge in [0.1, 0.15) is 23.9 Å². The van der Waals surface area contributed by atoms with E-state index in [9.17, 15) is 18.4 Å². The molecule has 0 spiro atoms. The van der Waals surface area contributed by atoms with Crippen molar-refractivity contribution >= 4 is 17.5 Å². The minimum absolute atomic E-state index is 0.266. The molecule has 1 heterocycles. The SMILES string of the molecule is CCOc1ccccc1C(=O)N1CC(=O)Nc2ccc(F)cc2[C@@H]1c1ccc(F)cc1. The van der Waals surface area contributed by atoms with Gasteiger partial charge in [0.2, 0.25) is 5.91 Å². The Hall–Kier alpha value is -3.74. The molecule has 7 heteroatoms. The molecule has 0 saturated heterocycles. The topological polar surface area (TPSA) is 58.6 Å². The molecule has 4 rings (SSSR count). The second-order valence-corrected chi connectivity index (χ2v) is 7.10. The van der Waals surface area contributed by atoms with Gasteiger partial charge in [-0.3, -0.25) is 9.59 Å². The van der Waals surface area contributed by atoms with Gasteiger partial charge in [-0.2, -0.15) is 0 Å². The highest BCUT2D eigenvalue weighted by atomic mass is 19.1. The van der Waals surface area contributed by atoms with Crippen LogP contribution >= 0.6 is 0 Å². The maximum absolute atomic E-state index is 14.2. The van der Waals surface area contributed by atoms with Crippen molar-refractivity contribution in [3.8, 4) is 5.75 Å². The fourth-order valence-corrected chi connectivity index (χ4v) is 3.75. The van der Waals surface area contributed by atoms with Gasteiger partial charge in [0.25, 0.3) is 5.91 Å². The maximum atomic E-state index is 14.2. The van der Waals surface area contributed by atoms with Crippen molar-refractivity contribution in [3.63, 3.8) is 0 Å². The average Bonchev–Trinajstić information content (AvgIpc) is 2.90. The van der Waals surface area contributed by atoms with Crippen LogP contribution in [0.4, 0.5) is 14.5 Å². The largest absolute Gasteiger partial charge is 0.493 e. The molecule has 3 aromatic carbocycles. The number of hydrogen-bond donors (Lipinski definition) is 1. The van der Waals surface area contributed by atoms with Crippen LogP contribution in [-0.2, 0) is 4.79 Å². The normalized spacial score (nSPS) is 15.6. The lowest BCUT2D eigenvalue weighted by Gasteiger charge is -2.31. The van der Waals surface area contributed by atoms with Gasteiger partial charge in [0, 0.05) is 11.3 Å². The summed E-state index contributed by atoms with van der Waals surface area (Å²) < 4.78 is 33.4. The molecule has 158 valence electrons. The minimum Gasteiger partial charge on any atom is -0.493 e. The van der Waals surface area contributed by atoms with Crippen LogP contribution in [0.25, 0.3) is 0 Å². The van der Waals surface area contributed by atoms with Crippen LogP contribution in [0.1, 0.15) is 34.5 Å². The van der Waals surface area contributed by atoms with E-state index in [1.165, 1.54) is 47.4 Å². The molecule has 3 aromatic rings. The van der Waals surface area contributed by atoms with Gasteiger partial charge in [-0.15, -0.1) is 0 Å². The number of nitrogens with one attached hydrogen (secondary N) is 1. The van der Waals surface area contributed by atoms with Crippen molar-refractivity contribution in [1.82, 2.24) is 4.90 Å². The van der Waals surface area contributed by atoms with Crippen molar-refractivity contribution in [2.45, 2.75) is 13.0 Å². The van der Waals surface area contributed by atoms with Crippen LogP contribution in [0.2, 0.25) is 0 Å². The Kier molecular flexibility index (Phi) is 5.66. The number of fused-ring (bicyclic) bond motifs is 1. The molecule has 0 bridgehead atoms. The molecule has 5 nitrogen and oxygen atoms in total. The van der Waals surface area contributed by atoms with Crippen LogP contribution < -0.4 is 10.1 Å². The predicted molar refractivity (Wildman–Crippen MR) is 112 cm³/mol. The number of carbonyl (C=O) groups excluding carboxylic acids is 2. The summed E-state index contributed by atoms with van der Waals surface area (Å²) in [6, 6.07) is 15.5. The molecule has 0 saturated carbocycles. The van der Waals surface area contributed by atoms with E-state index in [-0.39, 0.29) is 12.1 Å². The Labute approximate surface area is 178 Å².